The van der Waals surface area contributed by atoms with E-state index in [0.29, 0.717) is 19.0 Å². The Morgan fingerprint density at radius 3 is 2.83 bits per heavy atom. The Balaban J connectivity index is 1.88. The minimum atomic E-state index is -0.198. The number of nitrogens with one attached hydrogen (secondary N) is 1. The van der Waals surface area contributed by atoms with Crippen molar-refractivity contribution >= 4 is 0 Å². The van der Waals surface area contributed by atoms with Gasteiger partial charge in [0.25, 0.3) is 0 Å². The Morgan fingerprint density at radius 1 is 1.33 bits per heavy atom. The maximum absolute atomic E-state index is 12.9. The van der Waals surface area contributed by atoms with Crippen LogP contribution in [0, 0.1) is 12.7 Å². The fourth-order valence-electron chi connectivity index (χ4n) is 1.75. The lowest BCUT2D eigenvalue weighted by Crippen LogP contribution is -2.13. The monoisotopic (exact) mass is 248 g/mol. The normalized spacial score (nSPS) is 10.8. The molecule has 0 atom stereocenters. The first-order chi connectivity index (χ1) is 8.69. The van der Waals surface area contributed by atoms with E-state index in [2.05, 4.69) is 10.3 Å². The number of benzene rings is 1. The first-order valence-corrected chi connectivity index (χ1v) is 6.08. The Hall–Kier alpha value is -1.68. The zero-order valence-electron chi connectivity index (χ0n) is 10.7. The van der Waals surface area contributed by atoms with Crippen molar-refractivity contribution in [3.05, 3.63) is 53.0 Å². The van der Waals surface area contributed by atoms with Gasteiger partial charge in [0, 0.05) is 13.0 Å². The average molecular weight is 248 g/mol. The molecule has 0 aliphatic heterocycles. The smallest absolute Gasteiger partial charge is 0.208 e. The van der Waals surface area contributed by atoms with Gasteiger partial charge in [0.2, 0.25) is 5.89 Å². The predicted octanol–water partition coefficient (Wildman–Crippen LogP) is 2.97. The highest BCUT2D eigenvalue weighted by Crippen LogP contribution is 2.10. The maximum atomic E-state index is 12.9. The van der Waals surface area contributed by atoms with E-state index in [1.54, 1.807) is 12.3 Å². The van der Waals surface area contributed by atoms with Crippen LogP contribution in [-0.2, 0) is 19.5 Å². The summed E-state index contributed by atoms with van der Waals surface area (Å²) in [7, 11) is 0. The molecule has 1 aromatic carbocycles. The molecule has 2 rings (SSSR count). The van der Waals surface area contributed by atoms with Crippen LogP contribution in [0.4, 0.5) is 4.39 Å². The van der Waals surface area contributed by atoms with Crippen LogP contribution < -0.4 is 5.32 Å². The number of hydrogen-bond acceptors (Lipinski definition) is 3. The van der Waals surface area contributed by atoms with Gasteiger partial charge in [-0.1, -0.05) is 13.0 Å². The van der Waals surface area contributed by atoms with E-state index < -0.39 is 0 Å². The maximum Gasteiger partial charge on any atom is 0.208 e. The fourth-order valence-corrected chi connectivity index (χ4v) is 1.75. The minimum absolute atomic E-state index is 0.198. The van der Waals surface area contributed by atoms with Crippen LogP contribution in [-0.4, -0.2) is 4.98 Å². The second kappa shape index (κ2) is 5.78. The number of aryl methyl sites for hydroxylation is 2. The summed E-state index contributed by atoms with van der Waals surface area (Å²) in [5.41, 5.74) is 2.03. The zero-order valence-corrected chi connectivity index (χ0v) is 10.7. The highest BCUT2D eigenvalue weighted by molar-refractivity contribution is 5.26. The van der Waals surface area contributed by atoms with Gasteiger partial charge in [-0.3, -0.25) is 0 Å². The van der Waals surface area contributed by atoms with Gasteiger partial charge < -0.3 is 9.73 Å². The second-order valence-corrected chi connectivity index (χ2v) is 4.25. The molecule has 0 fully saturated rings. The van der Waals surface area contributed by atoms with E-state index >= 15 is 0 Å². The van der Waals surface area contributed by atoms with Crippen molar-refractivity contribution in [2.45, 2.75) is 33.4 Å². The van der Waals surface area contributed by atoms with Crippen LogP contribution in [0.15, 0.2) is 28.8 Å². The number of halogens is 1. The lowest BCUT2D eigenvalue weighted by molar-refractivity contribution is 0.439. The molecule has 0 bridgehead atoms. The largest absolute Gasteiger partial charge is 0.444 e. The van der Waals surface area contributed by atoms with Crippen molar-refractivity contribution in [1.82, 2.24) is 10.3 Å². The van der Waals surface area contributed by atoms with Crippen LogP contribution in [0.2, 0.25) is 0 Å². The molecule has 3 nitrogen and oxygen atoms in total. The molecule has 0 spiro atoms. The van der Waals surface area contributed by atoms with E-state index in [1.165, 1.54) is 12.1 Å². The number of oxazole rings is 1. The van der Waals surface area contributed by atoms with Gasteiger partial charge >= 0.3 is 0 Å². The van der Waals surface area contributed by atoms with Gasteiger partial charge in [0.05, 0.1) is 12.7 Å². The molecule has 0 aliphatic rings. The molecular formula is C14H17FN2O. The number of aromatic nitrogens is 1. The summed E-state index contributed by atoms with van der Waals surface area (Å²) in [6.07, 6.45) is 2.60. The van der Waals surface area contributed by atoms with E-state index in [0.717, 1.165) is 23.3 Å². The first kappa shape index (κ1) is 12.8. The lowest BCUT2D eigenvalue weighted by atomic mass is 10.1. The first-order valence-electron chi connectivity index (χ1n) is 6.08. The predicted molar refractivity (Wildman–Crippen MR) is 67.6 cm³/mol. The minimum Gasteiger partial charge on any atom is -0.444 e. The van der Waals surface area contributed by atoms with Crippen LogP contribution in [0.5, 0.6) is 0 Å². The van der Waals surface area contributed by atoms with E-state index in [1.807, 2.05) is 13.8 Å². The second-order valence-electron chi connectivity index (χ2n) is 4.25. The number of rotatable bonds is 5. The molecule has 0 radical (unpaired) electrons. The molecule has 1 aromatic heterocycles. The Labute approximate surface area is 106 Å². The van der Waals surface area contributed by atoms with Crippen molar-refractivity contribution in [2.24, 2.45) is 0 Å². The highest BCUT2D eigenvalue weighted by Gasteiger charge is 2.03. The standard InChI is InChI=1S/C14H17FN2O/c1-3-13-8-17-14(18-13)9-16-7-11-4-5-12(15)6-10(11)2/h4-6,8,16H,3,7,9H2,1-2H3. The van der Waals surface area contributed by atoms with Gasteiger partial charge in [-0.05, 0) is 30.2 Å². The Bertz CT molecular complexity index is 522. The highest BCUT2D eigenvalue weighted by atomic mass is 19.1. The quantitative estimate of drug-likeness (QED) is 0.884. The molecule has 96 valence electrons. The molecule has 0 saturated heterocycles. The summed E-state index contributed by atoms with van der Waals surface area (Å²) in [4.78, 5) is 4.17. The van der Waals surface area contributed by atoms with Gasteiger partial charge in [-0.25, -0.2) is 9.37 Å². The number of hydrogen-bond donors (Lipinski definition) is 1. The molecule has 0 amide bonds. The summed E-state index contributed by atoms with van der Waals surface area (Å²) >= 11 is 0. The average Bonchev–Trinajstić information content (AvgIpc) is 2.80. The molecule has 2 aromatic rings. The van der Waals surface area contributed by atoms with Gasteiger partial charge in [-0.2, -0.15) is 0 Å². The van der Waals surface area contributed by atoms with Crippen LogP contribution in [0.3, 0.4) is 0 Å². The van der Waals surface area contributed by atoms with Crippen molar-refractivity contribution in [3.8, 4) is 0 Å². The Kier molecular flexibility index (Phi) is 4.10. The SMILES string of the molecule is CCc1cnc(CNCc2ccc(F)cc2C)o1. The van der Waals surface area contributed by atoms with Crippen LogP contribution in [0.25, 0.3) is 0 Å². The summed E-state index contributed by atoms with van der Waals surface area (Å²) < 4.78 is 18.4. The third-order valence-electron chi connectivity index (χ3n) is 2.85. The van der Waals surface area contributed by atoms with Crippen molar-refractivity contribution in [2.75, 3.05) is 0 Å². The third kappa shape index (κ3) is 3.17. The molecule has 4 heteroatoms. The van der Waals surface area contributed by atoms with E-state index in [4.69, 9.17) is 4.42 Å². The van der Waals surface area contributed by atoms with Crippen molar-refractivity contribution in [3.63, 3.8) is 0 Å². The van der Waals surface area contributed by atoms with Crippen LogP contribution >= 0.6 is 0 Å². The zero-order chi connectivity index (χ0) is 13.0. The lowest BCUT2D eigenvalue weighted by Gasteiger charge is -2.06. The molecule has 1 heterocycles. The Morgan fingerprint density at radius 2 is 2.17 bits per heavy atom. The van der Waals surface area contributed by atoms with Crippen molar-refractivity contribution < 1.29 is 8.81 Å². The number of nitrogens with zero attached hydrogens (tertiary/aromatic N) is 1. The summed E-state index contributed by atoms with van der Waals surface area (Å²) in [5.74, 6) is 1.38. The molecule has 0 aliphatic carbocycles. The fraction of sp³-hybridized carbons (Fsp3) is 0.357. The molecule has 0 saturated carbocycles. The molecule has 1 N–H and O–H groups in total. The van der Waals surface area contributed by atoms with E-state index in [-0.39, 0.29) is 5.82 Å². The summed E-state index contributed by atoms with van der Waals surface area (Å²) in [6, 6.07) is 4.81. The van der Waals surface area contributed by atoms with Gasteiger partial charge in [0.15, 0.2) is 0 Å². The van der Waals surface area contributed by atoms with Crippen LogP contribution in [0.1, 0.15) is 29.7 Å². The van der Waals surface area contributed by atoms with Crippen molar-refractivity contribution in [1.29, 1.82) is 0 Å². The third-order valence-corrected chi connectivity index (χ3v) is 2.85. The topological polar surface area (TPSA) is 38.1 Å². The van der Waals surface area contributed by atoms with E-state index in [9.17, 15) is 4.39 Å². The summed E-state index contributed by atoms with van der Waals surface area (Å²) in [6.45, 7) is 5.19. The van der Waals surface area contributed by atoms with Gasteiger partial charge in [0.1, 0.15) is 11.6 Å². The molecule has 18 heavy (non-hydrogen) atoms. The molecular weight excluding hydrogens is 231 g/mol. The summed E-state index contributed by atoms with van der Waals surface area (Å²) in [5, 5.41) is 3.24. The molecule has 0 unspecified atom stereocenters. The van der Waals surface area contributed by atoms with Gasteiger partial charge in [-0.15, -0.1) is 0 Å².